The molecule has 5 nitrogen and oxygen atoms in total. The molecule has 150 valence electrons. The third-order valence-corrected chi connectivity index (χ3v) is 6.97. The molecule has 0 saturated carbocycles. The highest BCUT2D eigenvalue weighted by Crippen LogP contribution is 2.28. The standard InChI is InChI=1S/C19H18Cl3NO4S/c20-14-3-1-2-13(8-14)10-23(16-6-7-28(25,26)12-16)19(24)11-27-18-5-4-15(21)9-17(18)22/h1-5,8-9,16H,6-7,10-12H2/t16-/m0/s1. The van der Waals surface area contributed by atoms with E-state index in [4.69, 9.17) is 39.5 Å². The molecule has 0 aliphatic carbocycles. The van der Waals surface area contributed by atoms with Gasteiger partial charge in [0.05, 0.1) is 16.5 Å². The Kier molecular flexibility index (Phi) is 6.76. The number of rotatable bonds is 6. The second-order valence-electron chi connectivity index (χ2n) is 6.57. The second kappa shape index (κ2) is 8.91. The molecular weight excluding hydrogens is 445 g/mol. The van der Waals surface area contributed by atoms with Gasteiger partial charge in [0, 0.05) is 22.6 Å². The smallest absolute Gasteiger partial charge is 0.261 e. The molecule has 1 heterocycles. The van der Waals surface area contributed by atoms with E-state index >= 15 is 0 Å². The van der Waals surface area contributed by atoms with E-state index in [2.05, 4.69) is 0 Å². The first-order valence-corrected chi connectivity index (χ1v) is 11.5. The summed E-state index contributed by atoms with van der Waals surface area (Å²) in [6.07, 6.45) is 0.399. The lowest BCUT2D eigenvalue weighted by Crippen LogP contribution is -2.43. The Morgan fingerprint density at radius 1 is 1.11 bits per heavy atom. The van der Waals surface area contributed by atoms with E-state index in [0.29, 0.717) is 27.2 Å². The van der Waals surface area contributed by atoms with Crippen molar-refractivity contribution in [2.24, 2.45) is 0 Å². The quantitative estimate of drug-likeness (QED) is 0.644. The molecule has 1 saturated heterocycles. The van der Waals surface area contributed by atoms with Gasteiger partial charge in [-0.25, -0.2) is 8.42 Å². The minimum absolute atomic E-state index is 0.0546. The van der Waals surface area contributed by atoms with Crippen LogP contribution in [-0.2, 0) is 21.2 Å². The maximum atomic E-state index is 12.9. The van der Waals surface area contributed by atoms with Gasteiger partial charge in [0.1, 0.15) is 5.75 Å². The average Bonchev–Trinajstić information content (AvgIpc) is 2.98. The van der Waals surface area contributed by atoms with Crippen LogP contribution in [0.15, 0.2) is 42.5 Å². The predicted molar refractivity (Wildman–Crippen MR) is 111 cm³/mol. The Labute approximate surface area is 179 Å². The molecule has 1 amide bonds. The van der Waals surface area contributed by atoms with Crippen LogP contribution >= 0.6 is 34.8 Å². The van der Waals surface area contributed by atoms with Crippen LogP contribution in [-0.4, -0.2) is 43.4 Å². The van der Waals surface area contributed by atoms with Crippen LogP contribution in [0.3, 0.4) is 0 Å². The molecular formula is C19H18Cl3NO4S. The summed E-state index contributed by atoms with van der Waals surface area (Å²) in [5, 5.41) is 1.31. The lowest BCUT2D eigenvalue weighted by molar-refractivity contribution is -0.136. The number of hydrogen-bond donors (Lipinski definition) is 0. The SMILES string of the molecule is O=C(COc1ccc(Cl)cc1Cl)N(Cc1cccc(Cl)c1)[C@H]1CCS(=O)(=O)C1. The molecule has 1 aliphatic rings. The van der Waals surface area contributed by atoms with Gasteiger partial charge in [0.15, 0.2) is 16.4 Å². The zero-order valence-electron chi connectivity index (χ0n) is 14.8. The Morgan fingerprint density at radius 3 is 2.50 bits per heavy atom. The number of benzene rings is 2. The second-order valence-corrected chi connectivity index (χ2v) is 10.1. The summed E-state index contributed by atoms with van der Waals surface area (Å²) >= 11 is 18.0. The first-order chi connectivity index (χ1) is 13.2. The van der Waals surface area contributed by atoms with E-state index in [-0.39, 0.29) is 30.6 Å². The fourth-order valence-corrected chi connectivity index (χ4v) is 5.50. The van der Waals surface area contributed by atoms with Crippen molar-refractivity contribution in [2.45, 2.75) is 19.0 Å². The molecule has 28 heavy (non-hydrogen) atoms. The van der Waals surface area contributed by atoms with Gasteiger partial charge in [-0.15, -0.1) is 0 Å². The zero-order valence-corrected chi connectivity index (χ0v) is 17.9. The molecule has 0 N–H and O–H groups in total. The highest BCUT2D eigenvalue weighted by molar-refractivity contribution is 7.91. The van der Waals surface area contributed by atoms with Crippen LogP contribution in [0.2, 0.25) is 15.1 Å². The Bertz CT molecular complexity index is 981. The number of carbonyl (C=O) groups excluding carboxylic acids is 1. The van der Waals surface area contributed by atoms with Gasteiger partial charge < -0.3 is 9.64 Å². The van der Waals surface area contributed by atoms with Crippen LogP contribution < -0.4 is 4.74 Å². The fraction of sp³-hybridized carbons (Fsp3) is 0.316. The highest BCUT2D eigenvalue weighted by atomic mass is 35.5. The number of sulfone groups is 1. The third-order valence-electron chi connectivity index (χ3n) is 4.46. The predicted octanol–water partition coefficient (Wildman–Crippen LogP) is 4.24. The zero-order chi connectivity index (χ0) is 20.3. The van der Waals surface area contributed by atoms with Crippen molar-refractivity contribution in [1.29, 1.82) is 0 Å². The topological polar surface area (TPSA) is 63.7 Å². The van der Waals surface area contributed by atoms with Gasteiger partial charge in [-0.05, 0) is 42.3 Å². The largest absolute Gasteiger partial charge is 0.482 e. The molecule has 0 aromatic heterocycles. The van der Waals surface area contributed by atoms with Crippen molar-refractivity contribution in [2.75, 3.05) is 18.1 Å². The van der Waals surface area contributed by atoms with Crippen LogP contribution in [0.4, 0.5) is 0 Å². The van der Waals surface area contributed by atoms with Gasteiger partial charge in [-0.2, -0.15) is 0 Å². The average molecular weight is 463 g/mol. The van der Waals surface area contributed by atoms with Crippen molar-refractivity contribution in [3.05, 3.63) is 63.1 Å². The maximum absolute atomic E-state index is 12.9. The molecule has 0 spiro atoms. The van der Waals surface area contributed by atoms with Crippen LogP contribution in [0.25, 0.3) is 0 Å². The number of amides is 1. The molecule has 0 unspecified atom stereocenters. The van der Waals surface area contributed by atoms with Crippen molar-refractivity contribution in [3.63, 3.8) is 0 Å². The third kappa shape index (κ3) is 5.54. The van der Waals surface area contributed by atoms with E-state index in [0.717, 1.165) is 5.56 Å². The molecule has 1 aliphatic heterocycles. The number of hydrogen-bond acceptors (Lipinski definition) is 4. The van der Waals surface area contributed by atoms with Crippen molar-refractivity contribution in [1.82, 2.24) is 4.90 Å². The summed E-state index contributed by atoms with van der Waals surface area (Å²) in [6.45, 7) is -0.0181. The molecule has 2 aromatic carbocycles. The molecule has 0 bridgehead atoms. The van der Waals surface area contributed by atoms with E-state index in [1.165, 1.54) is 6.07 Å². The Hall–Kier alpha value is -1.47. The number of halogens is 3. The summed E-state index contributed by atoms with van der Waals surface area (Å²) in [6, 6.07) is 11.4. The van der Waals surface area contributed by atoms with Gasteiger partial charge in [0.25, 0.3) is 5.91 Å². The fourth-order valence-electron chi connectivity index (χ4n) is 3.09. The lowest BCUT2D eigenvalue weighted by atomic mass is 10.1. The van der Waals surface area contributed by atoms with E-state index in [1.807, 2.05) is 6.07 Å². The Balaban J connectivity index is 1.76. The minimum Gasteiger partial charge on any atom is -0.482 e. The van der Waals surface area contributed by atoms with Gasteiger partial charge in [-0.1, -0.05) is 46.9 Å². The maximum Gasteiger partial charge on any atom is 0.261 e. The highest BCUT2D eigenvalue weighted by Gasteiger charge is 2.34. The Morgan fingerprint density at radius 2 is 1.86 bits per heavy atom. The van der Waals surface area contributed by atoms with E-state index < -0.39 is 15.9 Å². The molecule has 3 rings (SSSR count). The molecule has 1 atom stereocenters. The summed E-state index contributed by atoms with van der Waals surface area (Å²) in [4.78, 5) is 14.4. The van der Waals surface area contributed by atoms with E-state index in [1.54, 1.807) is 35.2 Å². The van der Waals surface area contributed by atoms with Gasteiger partial charge in [0.2, 0.25) is 0 Å². The molecule has 0 radical (unpaired) electrons. The summed E-state index contributed by atoms with van der Waals surface area (Å²) in [5.41, 5.74) is 0.815. The van der Waals surface area contributed by atoms with Gasteiger partial charge >= 0.3 is 0 Å². The molecule has 1 fully saturated rings. The lowest BCUT2D eigenvalue weighted by Gasteiger charge is -2.28. The molecule has 9 heteroatoms. The van der Waals surface area contributed by atoms with Crippen molar-refractivity contribution in [3.8, 4) is 5.75 Å². The van der Waals surface area contributed by atoms with Crippen LogP contribution in [0, 0.1) is 0 Å². The summed E-state index contributed by atoms with van der Waals surface area (Å²) in [5.74, 6) is 0.0243. The normalized spacial score (nSPS) is 18.0. The monoisotopic (exact) mass is 461 g/mol. The van der Waals surface area contributed by atoms with Crippen molar-refractivity contribution >= 4 is 50.5 Å². The number of ether oxygens (including phenoxy) is 1. The van der Waals surface area contributed by atoms with Gasteiger partial charge in [-0.3, -0.25) is 4.79 Å². The summed E-state index contributed by atoms with van der Waals surface area (Å²) < 4.78 is 29.4. The first kappa shape index (κ1) is 21.2. The first-order valence-electron chi connectivity index (χ1n) is 8.56. The van der Waals surface area contributed by atoms with E-state index in [9.17, 15) is 13.2 Å². The number of nitrogens with zero attached hydrogens (tertiary/aromatic N) is 1. The van der Waals surface area contributed by atoms with Crippen molar-refractivity contribution < 1.29 is 17.9 Å². The number of carbonyl (C=O) groups is 1. The van der Waals surface area contributed by atoms with Crippen LogP contribution in [0.1, 0.15) is 12.0 Å². The summed E-state index contributed by atoms with van der Waals surface area (Å²) in [7, 11) is -3.15. The van der Waals surface area contributed by atoms with Crippen LogP contribution in [0.5, 0.6) is 5.75 Å². The molecule has 2 aromatic rings. The minimum atomic E-state index is -3.15.